The lowest BCUT2D eigenvalue weighted by Crippen LogP contribution is -2.27. The standard InChI is InChI=1S/C17H15FN2O2S2/c1-10(11-3-4-15(22-2)13(18)7-11)19-16(21)14-9-24-17(20-14)12-5-6-23-8-12/h3-10H,1-2H3,(H,19,21)/t10-/m0/s1. The van der Waals surface area contributed by atoms with E-state index in [0.717, 1.165) is 10.6 Å². The van der Waals surface area contributed by atoms with Crippen LogP contribution in [-0.4, -0.2) is 18.0 Å². The molecule has 0 spiro atoms. The second kappa shape index (κ2) is 7.11. The number of amides is 1. The molecule has 124 valence electrons. The summed E-state index contributed by atoms with van der Waals surface area (Å²) >= 11 is 3.01. The van der Waals surface area contributed by atoms with Gasteiger partial charge in [0.1, 0.15) is 10.7 Å². The summed E-state index contributed by atoms with van der Waals surface area (Å²) in [6.07, 6.45) is 0. The molecule has 7 heteroatoms. The molecule has 3 aromatic rings. The number of halogens is 1. The molecule has 1 atom stereocenters. The molecule has 1 aromatic carbocycles. The predicted molar refractivity (Wildman–Crippen MR) is 94.3 cm³/mol. The van der Waals surface area contributed by atoms with Gasteiger partial charge in [0, 0.05) is 16.3 Å². The summed E-state index contributed by atoms with van der Waals surface area (Å²) in [5, 5.41) is 9.33. The van der Waals surface area contributed by atoms with Gasteiger partial charge in [-0.2, -0.15) is 11.3 Å². The minimum atomic E-state index is -0.454. The van der Waals surface area contributed by atoms with Gasteiger partial charge in [-0.05, 0) is 36.1 Å². The summed E-state index contributed by atoms with van der Waals surface area (Å²) in [6.45, 7) is 1.80. The highest BCUT2D eigenvalue weighted by molar-refractivity contribution is 7.14. The number of hydrogen-bond acceptors (Lipinski definition) is 5. The van der Waals surface area contributed by atoms with E-state index in [0.29, 0.717) is 11.3 Å². The van der Waals surface area contributed by atoms with Crippen LogP contribution >= 0.6 is 22.7 Å². The van der Waals surface area contributed by atoms with E-state index < -0.39 is 5.82 Å². The molecule has 1 amide bonds. The summed E-state index contributed by atoms with van der Waals surface area (Å²) in [6, 6.07) is 6.26. The van der Waals surface area contributed by atoms with Crippen molar-refractivity contribution < 1.29 is 13.9 Å². The van der Waals surface area contributed by atoms with Crippen molar-refractivity contribution in [1.82, 2.24) is 10.3 Å². The lowest BCUT2D eigenvalue weighted by molar-refractivity contribution is 0.0935. The number of ether oxygens (including phenoxy) is 1. The number of carbonyl (C=O) groups excluding carboxylic acids is 1. The third kappa shape index (κ3) is 3.47. The van der Waals surface area contributed by atoms with Gasteiger partial charge in [-0.1, -0.05) is 6.07 Å². The van der Waals surface area contributed by atoms with Gasteiger partial charge in [0.25, 0.3) is 5.91 Å². The van der Waals surface area contributed by atoms with Gasteiger partial charge in [-0.3, -0.25) is 4.79 Å². The topological polar surface area (TPSA) is 51.2 Å². The summed E-state index contributed by atoms with van der Waals surface area (Å²) in [7, 11) is 1.41. The molecule has 0 aliphatic heterocycles. The lowest BCUT2D eigenvalue weighted by Gasteiger charge is -2.14. The van der Waals surface area contributed by atoms with E-state index >= 15 is 0 Å². The minimum absolute atomic E-state index is 0.178. The van der Waals surface area contributed by atoms with Crippen LogP contribution in [0.15, 0.2) is 40.4 Å². The molecular formula is C17H15FN2O2S2. The van der Waals surface area contributed by atoms with Crippen LogP contribution in [-0.2, 0) is 0 Å². The maximum absolute atomic E-state index is 13.8. The Morgan fingerprint density at radius 1 is 1.33 bits per heavy atom. The average Bonchev–Trinajstić information content (AvgIpc) is 3.25. The number of thiophene rings is 1. The van der Waals surface area contributed by atoms with Gasteiger partial charge in [-0.15, -0.1) is 11.3 Å². The number of methoxy groups -OCH3 is 1. The highest BCUT2D eigenvalue weighted by Gasteiger charge is 2.16. The highest BCUT2D eigenvalue weighted by Crippen LogP contribution is 2.26. The number of aromatic nitrogens is 1. The minimum Gasteiger partial charge on any atom is -0.494 e. The van der Waals surface area contributed by atoms with Crippen molar-refractivity contribution in [2.75, 3.05) is 7.11 Å². The van der Waals surface area contributed by atoms with Gasteiger partial charge in [0.05, 0.1) is 13.2 Å². The number of hydrogen-bond donors (Lipinski definition) is 1. The number of nitrogens with one attached hydrogen (secondary N) is 1. The van der Waals surface area contributed by atoms with Gasteiger partial charge in [0.2, 0.25) is 0 Å². The molecular weight excluding hydrogens is 347 g/mol. The fraction of sp³-hybridized carbons (Fsp3) is 0.176. The quantitative estimate of drug-likeness (QED) is 0.726. The molecule has 24 heavy (non-hydrogen) atoms. The van der Waals surface area contributed by atoms with E-state index in [2.05, 4.69) is 10.3 Å². The van der Waals surface area contributed by atoms with Crippen molar-refractivity contribution in [3.63, 3.8) is 0 Å². The van der Waals surface area contributed by atoms with Crippen LogP contribution in [0.4, 0.5) is 4.39 Å². The zero-order valence-corrected chi connectivity index (χ0v) is 14.7. The van der Waals surface area contributed by atoms with Gasteiger partial charge >= 0.3 is 0 Å². The molecule has 1 N–H and O–H groups in total. The van der Waals surface area contributed by atoms with Crippen molar-refractivity contribution in [1.29, 1.82) is 0 Å². The van der Waals surface area contributed by atoms with Crippen LogP contribution in [0, 0.1) is 5.82 Å². The van der Waals surface area contributed by atoms with Crippen LogP contribution in [0.5, 0.6) is 5.75 Å². The third-order valence-electron chi connectivity index (χ3n) is 3.53. The third-order valence-corrected chi connectivity index (χ3v) is 5.10. The first-order valence-corrected chi connectivity index (χ1v) is 9.03. The number of thiazole rings is 1. The first-order valence-electron chi connectivity index (χ1n) is 7.21. The molecule has 0 radical (unpaired) electrons. The molecule has 4 nitrogen and oxygen atoms in total. The zero-order valence-electron chi connectivity index (χ0n) is 13.1. The van der Waals surface area contributed by atoms with E-state index in [4.69, 9.17) is 4.74 Å². The van der Waals surface area contributed by atoms with E-state index in [1.807, 2.05) is 16.8 Å². The largest absolute Gasteiger partial charge is 0.494 e. The Bertz CT molecular complexity index is 846. The molecule has 0 unspecified atom stereocenters. The van der Waals surface area contributed by atoms with Crippen molar-refractivity contribution in [3.05, 3.63) is 57.5 Å². The fourth-order valence-corrected chi connectivity index (χ4v) is 3.71. The van der Waals surface area contributed by atoms with E-state index in [1.165, 1.54) is 24.5 Å². The van der Waals surface area contributed by atoms with E-state index in [-0.39, 0.29) is 17.7 Å². The summed E-state index contributed by atoms with van der Waals surface area (Å²) in [5.41, 5.74) is 2.03. The number of benzene rings is 1. The normalized spacial score (nSPS) is 12.0. The van der Waals surface area contributed by atoms with Crippen LogP contribution in [0.25, 0.3) is 10.6 Å². The second-order valence-corrected chi connectivity index (χ2v) is 6.78. The molecule has 0 saturated carbocycles. The smallest absolute Gasteiger partial charge is 0.271 e. The molecule has 0 aliphatic rings. The Balaban J connectivity index is 1.71. The van der Waals surface area contributed by atoms with Crippen molar-refractivity contribution in [3.8, 4) is 16.3 Å². The molecule has 0 fully saturated rings. The zero-order chi connectivity index (χ0) is 17.1. The van der Waals surface area contributed by atoms with Gasteiger partial charge in [-0.25, -0.2) is 9.37 Å². The molecule has 3 rings (SSSR count). The average molecular weight is 362 g/mol. The van der Waals surface area contributed by atoms with Gasteiger partial charge in [0.15, 0.2) is 11.6 Å². The lowest BCUT2D eigenvalue weighted by atomic mass is 10.1. The van der Waals surface area contributed by atoms with Gasteiger partial charge < -0.3 is 10.1 Å². The summed E-state index contributed by atoms with van der Waals surface area (Å²) in [4.78, 5) is 16.7. The predicted octanol–water partition coefficient (Wildman–Crippen LogP) is 4.51. The van der Waals surface area contributed by atoms with Crippen LogP contribution in [0.1, 0.15) is 29.0 Å². The number of rotatable bonds is 5. The second-order valence-electron chi connectivity index (χ2n) is 5.14. The van der Waals surface area contributed by atoms with Crippen LogP contribution < -0.4 is 10.1 Å². The molecule has 0 bridgehead atoms. The van der Waals surface area contributed by atoms with Crippen molar-refractivity contribution in [2.24, 2.45) is 0 Å². The van der Waals surface area contributed by atoms with Crippen LogP contribution in [0.3, 0.4) is 0 Å². The van der Waals surface area contributed by atoms with E-state index in [1.54, 1.807) is 35.8 Å². The maximum atomic E-state index is 13.8. The van der Waals surface area contributed by atoms with Crippen molar-refractivity contribution in [2.45, 2.75) is 13.0 Å². The number of carbonyl (C=O) groups is 1. The monoisotopic (exact) mass is 362 g/mol. The summed E-state index contributed by atoms with van der Waals surface area (Å²) in [5.74, 6) is -0.557. The maximum Gasteiger partial charge on any atom is 0.271 e. The Morgan fingerprint density at radius 2 is 2.17 bits per heavy atom. The Morgan fingerprint density at radius 3 is 2.83 bits per heavy atom. The Labute approximate surface area is 146 Å². The molecule has 0 saturated heterocycles. The molecule has 0 aliphatic carbocycles. The van der Waals surface area contributed by atoms with Crippen LogP contribution in [0.2, 0.25) is 0 Å². The van der Waals surface area contributed by atoms with Crippen molar-refractivity contribution >= 4 is 28.6 Å². The highest BCUT2D eigenvalue weighted by atomic mass is 32.1. The van der Waals surface area contributed by atoms with E-state index in [9.17, 15) is 9.18 Å². The SMILES string of the molecule is COc1ccc([C@H](C)NC(=O)c2csc(-c3ccsc3)n2)cc1F. The fourth-order valence-electron chi connectivity index (χ4n) is 2.20. The summed E-state index contributed by atoms with van der Waals surface area (Å²) < 4.78 is 18.7. The Hall–Kier alpha value is -2.25. The molecule has 2 heterocycles. The Kier molecular flexibility index (Phi) is 4.92. The number of nitrogens with zero attached hydrogens (tertiary/aromatic N) is 1. The first-order chi connectivity index (χ1) is 11.6. The first kappa shape index (κ1) is 16.6. The molecule has 2 aromatic heterocycles.